The fourth-order valence-electron chi connectivity index (χ4n) is 1.59. The Hall–Kier alpha value is -0.500. The highest BCUT2D eigenvalue weighted by atomic mass is 32.2. The summed E-state index contributed by atoms with van der Waals surface area (Å²) in [7, 11) is 3.43. The van der Waals surface area contributed by atoms with Crippen molar-refractivity contribution in [2.75, 3.05) is 57.4 Å². The molecule has 0 aliphatic heterocycles. The highest BCUT2D eigenvalue weighted by Gasteiger charge is 2.16. The van der Waals surface area contributed by atoms with Crippen LogP contribution < -0.4 is 10.6 Å². The van der Waals surface area contributed by atoms with Gasteiger partial charge in [-0.05, 0) is 24.2 Å². The molecule has 1 aromatic heterocycles. The van der Waals surface area contributed by atoms with E-state index in [1.54, 1.807) is 26.0 Å². The van der Waals surface area contributed by atoms with E-state index in [1.807, 2.05) is 6.26 Å². The van der Waals surface area contributed by atoms with Gasteiger partial charge in [0.25, 0.3) is 0 Å². The average molecular weight is 291 g/mol. The van der Waals surface area contributed by atoms with Gasteiger partial charge in [0.15, 0.2) is 5.82 Å². The van der Waals surface area contributed by atoms with Gasteiger partial charge in [0.1, 0.15) is 5.00 Å². The second-order valence-electron chi connectivity index (χ2n) is 3.73. The first-order chi connectivity index (χ1) is 8.74. The molecule has 0 amide bonds. The van der Waals surface area contributed by atoms with Gasteiger partial charge < -0.3 is 20.1 Å². The summed E-state index contributed by atoms with van der Waals surface area (Å²) in [5, 5.41) is 1.13. The Morgan fingerprint density at radius 2 is 2.00 bits per heavy atom. The van der Waals surface area contributed by atoms with E-state index >= 15 is 0 Å². The maximum atomic E-state index is 5.87. The minimum atomic E-state index is 0.622. The van der Waals surface area contributed by atoms with Gasteiger partial charge in [0, 0.05) is 33.9 Å². The van der Waals surface area contributed by atoms with Gasteiger partial charge >= 0.3 is 0 Å². The van der Waals surface area contributed by atoms with E-state index in [9.17, 15) is 0 Å². The zero-order chi connectivity index (χ0) is 13.4. The third-order valence-electron chi connectivity index (χ3n) is 2.49. The average Bonchev–Trinajstić information content (AvgIpc) is 2.74. The summed E-state index contributed by atoms with van der Waals surface area (Å²) in [6, 6.07) is 0. The molecule has 1 aromatic rings. The highest BCUT2D eigenvalue weighted by molar-refractivity contribution is 7.99. The van der Waals surface area contributed by atoms with Crippen LogP contribution in [0.3, 0.4) is 0 Å². The fourth-order valence-corrected chi connectivity index (χ4v) is 3.33. The van der Waals surface area contributed by atoms with Crippen molar-refractivity contribution in [1.29, 1.82) is 0 Å². The van der Waals surface area contributed by atoms with E-state index in [1.165, 1.54) is 11.5 Å². The molecule has 0 saturated carbocycles. The number of nitrogens with zero attached hydrogens (tertiary/aromatic N) is 2. The fraction of sp³-hybridized carbons (Fsp3) is 0.727. The van der Waals surface area contributed by atoms with Crippen molar-refractivity contribution in [1.82, 2.24) is 4.37 Å². The normalized spacial score (nSPS) is 10.8. The third-order valence-corrected chi connectivity index (χ3v) is 4.35. The summed E-state index contributed by atoms with van der Waals surface area (Å²) in [5.41, 5.74) is 5.87. The van der Waals surface area contributed by atoms with E-state index in [-0.39, 0.29) is 0 Å². The number of hydrogen-bond donors (Lipinski definition) is 1. The van der Waals surface area contributed by atoms with Gasteiger partial charge in [-0.25, -0.2) is 0 Å². The third kappa shape index (κ3) is 4.31. The molecule has 104 valence electrons. The summed E-state index contributed by atoms with van der Waals surface area (Å²) in [4.78, 5) is 3.33. The maximum absolute atomic E-state index is 5.87. The van der Waals surface area contributed by atoms with Crippen molar-refractivity contribution in [2.45, 2.75) is 11.3 Å². The minimum absolute atomic E-state index is 0.622. The Morgan fingerprint density at radius 1 is 1.28 bits per heavy atom. The van der Waals surface area contributed by atoms with Crippen LogP contribution in [0.2, 0.25) is 0 Å². The molecule has 0 aromatic carbocycles. The first-order valence-electron chi connectivity index (χ1n) is 5.76. The topological polar surface area (TPSA) is 60.6 Å². The summed E-state index contributed by atoms with van der Waals surface area (Å²) >= 11 is 3.09. The monoisotopic (exact) mass is 291 g/mol. The van der Waals surface area contributed by atoms with Crippen LogP contribution in [0, 0.1) is 0 Å². The predicted octanol–water partition coefficient (Wildman–Crippen LogP) is 1.94. The van der Waals surface area contributed by atoms with Crippen molar-refractivity contribution in [3.63, 3.8) is 0 Å². The lowest BCUT2D eigenvalue weighted by Gasteiger charge is -2.23. The number of nitrogen functional groups attached to an aromatic ring is 1. The molecule has 7 heteroatoms. The maximum Gasteiger partial charge on any atom is 0.153 e. The number of hydrogen-bond acceptors (Lipinski definition) is 7. The number of methoxy groups -OCH3 is 2. The lowest BCUT2D eigenvalue weighted by atomic mass is 10.4. The first-order valence-corrected chi connectivity index (χ1v) is 7.76. The SMILES string of the molecule is COCCCN(CCOC)c1snc(N)c1SC. The van der Waals surface area contributed by atoms with Crippen LogP contribution in [0.25, 0.3) is 0 Å². The summed E-state index contributed by atoms with van der Waals surface area (Å²) in [6.45, 7) is 3.22. The minimum Gasteiger partial charge on any atom is -0.385 e. The van der Waals surface area contributed by atoms with Crippen LogP contribution in [0.5, 0.6) is 0 Å². The molecular weight excluding hydrogens is 270 g/mol. The molecule has 0 aliphatic rings. The van der Waals surface area contributed by atoms with Gasteiger partial charge in [-0.15, -0.1) is 11.8 Å². The molecule has 5 nitrogen and oxygen atoms in total. The van der Waals surface area contributed by atoms with Crippen molar-refractivity contribution in [3.05, 3.63) is 0 Å². The summed E-state index contributed by atoms with van der Waals surface area (Å²) in [6.07, 6.45) is 3.00. The van der Waals surface area contributed by atoms with Crippen molar-refractivity contribution < 1.29 is 9.47 Å². The summed E-state index contributed by atoms with van der Waals surface area (Å²) in [5.74, 6) is 0.622. The molecule has 0 spiro atoms. The molecule has 0 unspecified atom stereocenters. The van der Waals surface area contributed by atoms with Crippen LogP contribution in [0.1, 0.15) is 6.42 Å². The number of anilines is 2. The molecule has 0 atom stereocenters. The van der Waals surface area contributed by atoms with Gasteiger partial charge in [-0.3, -0.25) is 0 Å². The molecule has 0 radical (unpaired) electrons. The molecule has 1 heterocycles. The Bertz CT molecular complexity index is 347. The molecule has 0 aliphatic carbocycles. The van der Waals surface area contributed by atoms with Crippen LogP contribution in [0.4, 0.5) is 10.8 Å². The van der Waals surface area contributed by atoms with E-state index in [4.69, 9.17) is 15.2 Å². The van der Waals surface area contributed by atoms with Crippen molar-refractivity contribution in [3.8, 4) is 0 Å². The molecule has 0 fully saturated rings. The zero-order valence-electron chi connectivity index (χ0n) is 11.1. The molecule has 0 saturated heterocycles. The largest absolute Gasteiger partial charge is 0.385 e. The Labute approximate surface area is 117 Å². The van der Waals surface area contributed by atoms with Crippen LogP contribution >= 0.6 is 23.3 Å². The van der Waals surface area contributed by atoms with Crippen LogP contribution in [0.15, 0.2) is 4.90 Å². The van der Waals surface area contributed by atoms with Gasteiger partial charge in [-0.2, -0.15) is 4.37 Å². The Balaban J connectivity index is 2.73. The molecule has 18 heavy (non-hydrogen) atoms. The zero-order valence-corrected chi connectivity index (χ0v) is 12.8. The van der Waals surface area contributed by atoms with Crippen LogP contribution in [-0.2, 0) is 9.47 Å². The second kappa shape index (κ2) is 8.58. The van der Waals surface area contributed by atoms with E-state index in [0.717, 1.165) is 36.0 Å². The quantitative estimate of drug-likeness (QED) is 0.554. The van der Waals surface area contributed by atoms with Crippen molar-refractivity contribution in [2.24, 2.45) is 0 Å². The number of rotatable bonds is 9. The van der Waals surface area contributed by atoms with E-state index in [0.29, 0.717) is 12.4 Å². The van der Waals surface area contributed by atoms with E-state index < -0.39 is 0 Å². The smallest absolute Gasteiger partial charge is 0.153 e. The summed E-state index contributed by atoms with van der Waals surface area (Å²) < 4.78 is 14.5. The number of aromatic nitrogens is 1. The molecule has 0 bridgehead atoms. The van der Waals surface area contributed by atoms with Gasteiger partial charge in [0.05, 0.1) is 11.5 Å². The Kier molecular flexibility index (Phi) is 7.41. The number of thioether (sulfide) groups is 1. The molecule has 1 rings (SSSR count). The first kappa shape index (κ1) is 15.6. The lowest BCUT2D eigenvalue weighted by molar-refractivity contribution is 0.191. The second-order valence-corrected chi connectivity index (χ2v) is 5.30. The molecule has 2 N–H and O–H groups in total. The Morgan fingerprint density at radius 3 is 2.61 bits per heavy atom. The standard InChI is InChI=1S/C11H21N3O2S2/c1-15-7-4-5-14(6-8-16-2)11-9(17-3)10(12)13-18-11/h4-8H2,1-3H3,(H2,12,13). The number of ether oxygens (including phenoxy) is 2. The van der Waals surface area contributed by atoms with E-state index in [2.05, 4.69) is 9.27 Å². The predicted molar refractivity (Wildman–Crippen MR) is 78.9 cm³/mol. The van der Waals surface area contributed by atoms with Crippen LogP contribution in [-0.4, -0.2) is 51.2 Å². The molecular formula is C11H21N3O2S2. The highest BCUT2D eigenvalue weighted by Crippen LogP contribution is 2.37. The number of nitrogens with two attached hydrogens (primary N) is 1. The van der Waals surface area contributed by atoms with Gasteiger partial charge in [-0.1, -0.05) is 0 Å². The van der Waals surface area contributed by atoms with Crippen molar-refractivity contribution >= 4 is 34.1 Å². The lowest BCUT2D eigenvalue weighted by Crippen LogP contribution is -2.28. The van der Waals surface area contributed by atoms with Gasteiger partial charge in [0.2, 0.25) is 0 Å².